The van der Waals surface area contributed by atoms with Crippen molar-refractivity contribution in [2.24, 2.45) is 11.8 Å². The first-order valence-electron chi connectivity index (χ1n) is 11.8. The molecular formula is C27H29F3N4O. The van der Waals surface area contributed by atoms with Gasteiger partial charge in [0.05, 0.1) is 35.6 Å². The van der Waals surface area contributed by atoms with E-state index in [1.165, 1.54) is 6.07 Å². The number of nitrogen functional groups attached to an aromatic ring is 1. The molecule has 3 aliphatic rings. The summed E-state index contributed by atoms with van der Waals surface area (Å²) in [5.41, 5.74) is 7.77. The minimum Gasteiger partial charge on any atom is -0.497 e. The summed E-state index contributed by atoms with van der Waals surface area (Å²) in [7, 11) is 1.62. The summed E-state index contributed by atoms with van der Waals surface area (Å²) in [4.78, 5) is 6.99. The summed E-state index contributed by atoms with van der Waals surface area (Å²) >= 11 is 0. The van der Waals surface area contributed by atoms with Gasteiger partial charge in [-0.25, -0.2) is 0 Å². The van der Waals surface area contributed by atoms with Crippen LogP contribution in [0.4, 0.5) is 24.5 Å². The van der Waals surface area contributed by atoms with Gasteiger partial charge in [0.15, 0.2) is 0 Å². The van der Waals surface area contributed by atoms with Crippen LogP contribution in [0.25, 0.3) is 10.9 Å². The summed E-state index contributed by atoms with van der Waals surface area (Å²) < 4.78 is 45.1. The molecule has 0 amide bonds. The molecule has 3 aliphatic heterocycles. The zero-order chi connectivity index (χ0) is 24.7. The van der Waals surface area contributed by atoms with E-state index in [0.29, 0.717) is 17.5 Å². The number of nitrogens with one attached hydrogen (secondary N) is 1. The van der Waals surface area contributed by atoms with Gasteiger partial charge in [-0.15, -0.1) is 6.58 Å². The van der Waals surface area contributed by atoms with Crippen molar-refractivity contribution in [2.75, 3.05) is 31.2 Å². The first-order valence-corrected chi connectivity index (χ1v) is 11.8. The Morgan fingerprint density at radius 3 is 2.71 bits per heavy atom. The number of nitrogens with two attached hydrogens (primary N) is 1. The number of ether oxygens (including phenoxy) is 1. The monoisotopic (exact) mass is 482 g/mol. The van der Waals surface area contributed by atoms with Gasteiger partial charge in [-0.3, -0.25) is 9.88 Å². The Morgan fingerprint density at radius 1 is 1.23 bits per heavy atom. The largest absolute Gasteiger partial charge is 0.497 e. The smallest absolute Gasteiger partial charge is 0.416 e. The predicted octanol–water partition coefficient (Wildman–Crippen LogP) is 5.89. The molecule has 3 N–H and O–H groups in total. The molecule has 4 unspecified atom stereocenters. The molecule has 8 heteroatoms. The van der Waals surface area contributed by atoms with Crippen LogP contribution in [0.3, 0.4) is 0 Å². The number of fused-ring (bicyclic) bond motifs is 4. The van der Waals surface area contributed by atoms with Crippen molar-refractivity contribution < 1.29 is 17.9 Å². The van der Waals surface area contributed by atoms with Crippen molar-refractivity contribution >= 4 is 22.3 Å². The second-order valence-corrected chi connectivity index (χ2v) is 9.45. The van der Waals surface area contributed by atoms with Crippen molar-refractivity contribution in [3.8, 4) is 5.75 Å². The van der Waals surface area contributed by atoms with Crippen molar-refractivity contribution in [1.82, 2.24) is 9.88 Å². The van der Waals surface area contributed by atoms with Gasteiger partial charge < -0.3 is 15.8 Å². The highest BCUT2D eigenvalue weighted by Crippen LogP contribution is 2.44. The Labute approximate surface area is 202 Å². The number of piperidine rings is 3. The van der Waals surface area contributed by atoms with Crippen LogP contribution in [0, 0.1) is 11.8 Å². The minimum atomic E-state index is -4.45. The van der Waals surface area contributed by atoms with Gasteiger partial charge in [0.25, 0.3) is 0 Å². The van der Waals surface area contributed by atoms with E-state index < -0.39 is 11.7 Å². The number of hydrogen-bond acceptors (Lipinski definition) is 5. The average Bonchev–Trinajstić information content (AvgIpc) is 2.87. The third-order valence-corrected chi connectivity index (χ3v) is 7.55. The maximum atomic E-state index is 13.2. The van der Waals surface area contributed by atoms with Crippen molar-refractivity contribution in [2.45, 2.75) is 31.1 Å². The van der Waals surface area contributed by atoms with E-state index >= 15 is 0 Å². The zero-order valence-corrected chi connectivity index (χ0v) is 19.6. The lowest BCUT2D eigenvalue weighted by atomic mass is 9.73. The predicted molar refractivity (Wildman–Crippen MR) is 132 cm³/mol. The Kier molecular flexibility index (Phi) is 6.09. The lowest BCUT2D eigenvalue weighted by molar-refractivity contribution is -0.137. The fourth-order valence-electron chi connectivity index (χ4n) is 5.69. The molecule has 2 bridgehead atoms. The van der Waals surface area contributed by atoms with E-state index in [1.54, 1.807) is 13.3 Å². The topological polar surface area (TPSA) is 63.4 Å². The molecule has 184 valence electrons. The number of pyridine rings is 1. The molecule has 5 atom stereocenters. The van der Waals surface area contributed by atoms with Gasteiger partial charge in [0.2, 0.25) is 0 Å². The van der Waals surface area contributed by atoms with E-state index in [2.05, 4.69) is 27.9 Å². The highest BCUT2D eigenvalue weighted by molar-refractivity contribution is 5.84. The number of aromatic nitrogens is 1. The first-order chi connectivity index (χ1) is 16.8. The van der Waals surface area contributed by atoms with E-state index in [9.17, 15) is 13.2 Å². The van der Waals surface area contributed by atoms with Gasteiger partial charge >= 0.3 is 6.18 Å². The van der Waals surface area contributed by atoms with Crippen LogP contribution in [0.1, 0.15) is 30.0 Å². The quantitative estimate of drug-likeness (QED) is 0.339. The maximum Gasteiger partial charge on any atom is 0.416 e. The molecule has 3 saturated heterocycles. The van der Waals surface area contributed by atoms with Crippen LogP contribution in [0.2, 0.25) is 0 Å². The third kappa shape index (κ3) is 4.43. The lowest BCUT2D eigenvalue weighted by Crippen LogP contribution is -2.56. The molecule has 3 aromatic rings. The minimum absolute atomic E-state index is 0.0701. The first kappa shape index (κ1) is 23.5. The number of anilines is 2. The number of rotatable bonds is 6. The molecule has 35 heavy (non-hydrogen) atoms. The SMILES string of the molecule is C=CC1CN2CCC1CC2[C@H](Nc1ccc(C(F)(F)F)cc1N)c1ccnc2ccc(OC)cc12. The van der Waals surface area contributed by atoms with Gasteiger partial charge in [-0.1, -0.05) is 6.08 Å². The fraction of sp³-hybridized carbons (Fsp3) is 0.370. The van der Waals surface area contributed by atoms with Gasteiger partial charge in [0, 0.05) is 24.2 Å². The highest BCUT2D eigenvalue weighted by Gasteiger charge is 2.43. The summed E-state index contributed by atoms with van der Waals surface area (Å²) in [6.07, 6.45) is 1.46. The summed E-state index contributed by atoms with van der Waals surface area (Å²) in [6.45, 7) is 5.93. The Morgan fingerprint density at radius 2 is 2.06 bits per heavy atom. The van der Waals surface area contributed by atoms with E-state index in [4.69, 9.17) is 10.5 Å². The molecule has 2 aromatic carbocycles. The second-order valence-electron chi connectivity index (χ2n) is 9.45. The van der Waals surface area contributed by atoms with Crippen LogP contribution >= 0.6 is 0 Å². The second kappa shape index (κ2) is 9.07. The fourth-order valence-corrected chi connectivity index (χ4v) is 5.69. The number of alkyl halides is 3. The number of benzene rings is 2. The van der Waals surface area contributed by atoms with Crippen LogP contribution in [-0.2, 0) is 6.18 Å². The van der Waals surface area contributed by atoms with Gasteiger partial charge in [0.1, 0.15) is 5.75 Å². The van der Waals surface area contributed by atoms with Gasteiger partial charge in [-0.2, -0.15) is 13.2 Å². The average molecular weight is 483 g/mol. The Balaban J connectivity index is 1.59. The van der Waals surface area contributed by atoms with E-state index in [1.807, 2.05) is 24.3 Å². The van der Waals surface area contributed by atoms with Crippen LogP contribution in [0.15, 0.2) is 61.3 Å². The van der Waals surface area contributed by atoms with Crippen LogP contribution in [-0.4, -0.2) is 36.1 Å². The molecule has 1 aromatic heterocycles. The molecule has 6 rings (SSSR count). The van der Waals surface area contributed by atoms with Crippen molar-refractivity contribution in [3.63, 3.8) is 0 Å². The summed E-state index contributed by atoms with van der Waals surface area (Å²) in [5.74, 6) is 1.70. The maximum absolute atomic E-state index is 13.2. The van der Waals surface area contributed by atoms with E-state index in [-0.39, 0.29) is 17.8 Å². The molecule has 0 saturated carbocycles. The lowest BCUT2D eigenvalue weighted by Gasteiger charge is -2.52. The number of nitrogens with zero attached hydrogens (tertiary/aromatic N) is 2. The molecular weight excluding hydrogens is 453 g/mol. The third-order valence-electron chi connectivity index (χ3n) is 7.55. The molecule has 0 spiro atoms. The normalized spacial score (nSPS) is 24.8. The summed E-state index contributed by atoms with van der Waals surface area (Å²) in [6, 6.07) is 11.2. The molecule has 0 radical (unpaired) electrons. The number of halogens is 3. The number of methoxy groups -OCH3 is 1. The molecule has 4 heterocycles. The summed E-state index contributed by atoms with van der Waals surface area (Å²) in [5, 5.41) is 4.47. The van der Waals surface area contributed by atoms with Crippen LogP contribution < -0.4 is 15.8 Å². The standard InChI is InChI=1S/C27H29F3N4O/c1-3-16-15-34-11-9-17(16)12-25(34)26(33-24-6-4-18(13-22(24)31)27(28,29)30)20-8-10-32-23-7-5-19(35-2)14-21(20)23/h3-8,10,13-14,16-17,25-26,33H,1,9,11-12,15,31H2,2H3/t16?,17?,25?,26-/m1/s1. The molecule has 0 aliphatic carbocycles. The Hall–Kier alpha value is -3.26. The Bertz CT molecular complexity index is 1240. The van der Waals surface area contributed by atoms with Gasteiger partial charge in [-0.05, 0) is 79.3 Å². The number of hydrogen-bond donors (Lipinski definition) is 2. The molecule has 5 nitrogen and oxygen atoms in total. The van der Waals surface area contributed by atoms with Crippen LogP contribution in [0.5, 0.6) is 5.75 Å². The van der Waals surface area contributed by atoms with Crippen molar-refractivity contribution in [1.29, 1.82) is 0 Å². The highest BCUT2D eigenvalue weighted by atomic mass is 19.4. The van der Waals surface area contributed by atoms with E-state index in [0.717, 1.165) is 60.3 Å². The van der Waals surface area contributed by atoms with Crippen molar-refractivity contribution in [3.05, 3.63) is 72.4 Å². The zero-order valence-electron chi connectivity index (χ0n) is 19.6. The molecule has 3 fully saturated rings.